The third-order valence-electron chi connectivity index (χ3n) is 2.02. The van der Waals surface area contributed by atoms with E-state index in [1.807, 2.05) is 24.3 Å². The standard InChI is InChI=1S/C13H14O2/c1-3-6-11-7-4-5-8-12(11)9-10-13(14)15-2/h4-5,7-8H,3,6H2,1-2H3. The zero-order valence-corrected chi connectivity index (χ0v) is 9.04. The molecule has 0 N–H and O–H groups in total. The Kier molecular flexibility index (Phi) is 4.43. The Balaban J connectivity index is 2.91. The Bertz CT molecular complexity index is 396. The van der Waals surface area contributed by atoms with Gasteiger partial charge in [-0.1, -0.05) is 37.5 Å². The van der Waals surface area contributed by atoms with E-state index in [4.69, 9.17) is 0 Å². The number of aryl methyl sites for hydroxylation is 1. The topological polar surface area (TPSA) is 26.3 Å². The first-order chi connectivity index (χ1) is 7.27. The number of methoxy groups -OCH3 is 1. The molecule has 0 aliphatic heterocycles. The second-order valence-corrected chi connectivity index (χ2v) is 3.15. The molecule has 0 amide bonds. The van der Waals surface area contributed by atoms with E-state index in [0.717, 1.165) is 18.4 Å². The van der Waals surface area contributed by atoms with Gasteiger partial charge in [0.25, 0.3) is 0 Å². The molecule has 0 radical (unpaired) electrons. The number of benzene rings is 1. The van der Waals surface area contributed by atoms with Gasteiger partial charge in [0.2, 0.25) is 0 Å². The molecule has 2 nitrogen and oxygen atoms in total. The molecule has 78 valence electrons. The van der Waals surface area contributed by atoms with Crippen molar-refractivity contribution < 1.29 is 9.53 Å². The zero-order valence-electron chi connectivity index (χ0n) is 9.04. The summed E-state index contributed by atoms with van der Waals surface area (Å²) in [5.74, 6) is 4.76. The molecule has 0 heterocycles. The van der Waals surface area contributed by atoms with Gasteiger partial charge in [0.05, 0.1) is 7.11 Å². The van der Waals surface area contributed by atoms with Gasteiger partial charge in [-0.25, -0.2) is 4.79 Å². The van der Waals surface area contributed by atoms with Crippen molar-refractivity contribution in [3.05, 3.63) is 35.4 Å². The average Bonchev–Trinajstić information content (AvgIpc) is 2.28. The molecule has 0 aliphatic carbocycles. The summed E-state index contributed by atoms with van der Waals surface area (Å²) >= 11 is 0. The molecule has 2 heteroatoms. The van der Waals surface area contributed by atoms with E-state index in [2.05, 4.69) is 23.5 Å². The van der Waals surface area contributed by atoms with Gasteiger partial charge in [0.15, 0.2) is 0 Å². The van der Waals surface area contributed by atoms with Crippen LogP contribution in [0, 0.1) is 11.8 Å². The fraction of sp³-hybridized carbons (Fsp3) is 0.308. The highest BCUT2D eigenvalue weighted by Crippen LogP contribution is 2.09. The first-order valence-electron chi connectivity index (χ1n) is 4.95. The Hall–Kier alpha value is -1.75. The maximum Gasteiger partial charge on any atom is 0.384 e. The third-order valence-corrected chi connectivity index (χ3v) is 2.02. The normalized spacial score (nSPS) is 8.93. The van der Waals surface area contributed by atoms with Crippen molar-refractivity contribution in [2.24, 2.45) is 0 Å². The van der Waals surface area contributed by atoms with Crippen LogP contribution in [0.2, 0.25) is 0 Å². The van der Waals surface area contributed by atoms with Crippen molar-refractivity contribution in [3.63, 3.8) is 0 Å². The Labute approximate surface area is 90.3 Å². The minimum Gasteiger partial charge on any atom is -0.459 e. The largest absolute Gasteiger partial charge is 0.459 e. The molecule has 0 unspecified atom stereocenters. The number of carbonyl (C=O) groups excluding carboxylic acids is 1. The predicted octanol–water partition coefficient (Wildman–Crippen LogP) is 2.16. The number of hydrogen-bond acceptors (Lipinski definition) is 2. The lowest BCUT2D eigenvalue weighted by Gasteiger charge is -2.00. The number of hydrogen-bond donors (Lipinski definition) is 0. The summed E-state index contributed by atoms with van der Waals surface area (Å²) in [5, 5.41) is 0. The minimum absolute atomic E-state index is 0.499. The monoisotopic (exact) mass is 202 g/mol. The van der Waals surface area contributed by atoms with Crippen molar-refractivity contribution >= 4 is 5.97 Å². The summed E-state index contributed by atoms with van der Waals surface area (Å²) in [5.41, 5.74) is 2.08. The molecule has 0 fully saturated rings. The smallest absolute Gasteiger partial charge is 0.384 e. The summed E-state index contributed by atoms with van der Waals surface area (Å²) in [6, 6.07) is 7.85. The highest BCUT2D eigenvalue weighted by atomic mass is 16.5. The van der Waals surface area contributed by atoms with Gasteiger partial charge in [0, 0.05) is 11.5 Å². The fourth-order valence-corrected chi connectivity index (χ4v) is 1.30. The highest BCUT2D eigenvalue weighted by Gasteiger charge is 1.97. The van der Waals surface area contributed by atoms with E-state index in [9.17, 15) is 4.79 Å². The van der Waals surface area contributed by atoms with Gasteiger partial charge >= 0.3 is 5.97 Å². The van der Waals surface area contributed by atoms with Crippen LogP contribution in [0.5, 0.6) is 0 Å². The SMILES string of the molecule is CCCc1ccccc1C#CC(=O)OC. The first kappa shape index (κ1) is 11.3. The van der Waals surface area contributed by atoms with Crippen LogP contribution in [0.4, 0.5) is 0 Å². The highest BCUT2D eigenvalue weighted by molar-refractivity contribution is 5.89. The van der Waals surface area contributed by atoms with Gasteiger partial charge in [-0.3, -0.25) is 0 Å². The number of rotatable bonds is 2. The van der Waals surface area contributed by atoms with Gasteiger partial charge in [-0.05, 0) is 18.1 Å². The molecule has 0 saturated heterocycles. The average molecular weight is 202 g/mol. The van der Waals surface area contributed by atoms with Gasteiger partial charge < -0.3 is 4.74 Å². The predicted molar refractivity (Wildman–Crippen MR) is 59.3 cm³/mol. The number of esters is 1. The van der Waals surface area contributed by atoms with Crippen LogP contribution in [0.25, 0.3) is 0 Å². The van der Waals surface area contributed by atoms with Crippen LogP contribution in [0.3, 0.4) is 0 Å². The summed E-state index contributed by atoms with van der Waals surface area (Å²) < 4.78 is 4.46. The first-order valence-corrected chi connectivity index (χ1v) is 4.95. The molecule has 0 saturated carbocycles. The molecule has 1 aromatic carbocycles. The molecule has 0 spiro atoms. The molecule has 0 aliphatic rings. The van der Waals surface area contributed by atoms with Gasteiger partial charge in [-0.15, -0.1) is 0 Å². The van der Waals surface area contributed by atoms with E-state index in [1.54, 1.807) is 0 Å². The Morgan fingerprint density at radius 1 is 1.40 bits per heavy atom. The molecule has 0 aromatic heterocycles. The van der Waals surface area contributed by atoms with Crippen LogP contribution < -0.4 is 0 Å². The minimum atomic E-state index is -0.499. The van der Waals surface area contributed by atoms with Gasteiger partial charge in [0.1, 0.15) is 0 Å². The van der Waals surface area contributed by atoms with E-state index in [-0.39, 0.29) is 0 Å². The number of ether oxygens (including phenoxy) is 1. The Morgan fingerprint density at radius 3 is 2.80 bits per heavy atom. The van der Waals surface area contributed by atoms with E-state index in [0.29, 0.717) is 0 Å². The molecule has 0 atom stereocenters. The molecular formula is C13H14O2. The van der Waals surface area contributed by atoms with Crippen molar-refractivity contribution in [1.29, 1.82) is 0 Å². The van der Waals surface area contributed by atoms with Crippen LogP contribution in [0.1, 0.15) is 24.5 Å². The van der Waals surface area contributed by atoms with Crippen molar-refractivity contribution in [1.82, 2.24) is 0 Å². The van der Waals surface area contributed by atoms with E-state index >= 15 is 0 Å². The fourth-order valence-electron chi connectivity index (χ4n) is 1.30. The van der Waals surface area contributed by atoms with Crippen LogP contribution in [0.15, 0.2) is 24.3 Å². The molecule has 15 heavy (non-hydrogen) atoms. The second-order valence-electron chi connectivity index (χ2n) is 3.15. The second kappa shape index (κ2) is 5.87. The molecule has 1 rings (SSSR count). The van der Waals surface area contributed by atoms with Crippen molar-refractivity contribution in [2.75, 3.05) is 7.11 Å². The third kappa shape index (κ3) is 3.47. The summed E-state index contributed by atoms with van der Waals surface area (Å²) in [4.78, 5) is 10.9. The molecule has 1 aromatic rings. The van der Waals surface area contributed by atoms with Crippen LogP contribution in [-0.2, 0) is 16.0 Å². The summed E-state index contributed by atoms with van der Waals surface area (Å²) in [7, 11) is 1.33. The molecular weight excluding hydrogens is 188 g/mol. The Morgan fingerprint density at radius 2 is 2.13 bits per heavy atom. The van der Waals surface area contributed by atoms with Gasteiger partial charge in [-0.2, -0.15) is 0 Å². The quantitative estimate of drug-likeness (QED) is 0.542. The van der Waals surface area contributed by atoms with Crippen molar-refractivity contribution in [3.8, 4) is 11.8 Å². The number of carbonyl (C=O) groups is 1. The lowest BCUT2D eigenvalue weighted by molar-refractivity contribution is -0.133. The zero-order chi connectivity index (χ0) is 11.1. The van der Waals surface area contributed by atoms with Crippen molar-refractivity contribution in [2.45, 2.75) is 19.8 Å². The maximum absolute atomic E-state index is 10.9. The maximum atomic E-state index is 10.9. The van der Waals surface area contributed by atoms with Crippen LogP contribution >= 0.6 is 0 Å². The lowest BCUT2D eigenvalue weighted by Crippen LogP contribution is -1.95. The molecule has 0 bridgehead atoms. The van der Waals surface area contributed by atoms with E-state index < -0.39 is 5.97 Å². The lowest BCUT2D eigenvalue weighted by atomic mass is 10.0. The van der Waals surface area contributed by atoms with E-state index in [1.165, 1.54) is 12.7 Å². The van der Waals surface area contributed by atoms with Crippen LogP contribution in [-0.4, -0.2) is 13.1 Å². The summed E-state index contributed by atoms with van der Waals surface area (Å²) in [6.07, 6.45) is 2.04. The summed E-state index contributed by atoms with van der Waals surface area (Å²) in [6.45, 7) is 2.12.